The Morgan fingerprint density at radius 3 is 2.27 bits per heavy atom. The van der Waals surface area contributed by atoms with Gasteiger partial charge in [-0.1, -0.05) is 63.6 Å². The number of rotatable bonds is 18. The average Bonchev–Trinajstić information content (AvgIpc) is 3.40. The molecule has 0 saturated carbocycles. The van der Waals surface area contributed by atoms with Crippen LogP contribution in [0.2, 0.25) is 0 Å². The van der Waals surface area contributed by atoms with E-state index in [0.29, 0.717) is 57.5 Å². The minimum atomic E-state index is -1.22. The lowest BCUT2D eigenvalue weighted by molar-refractivity contribution is -0.139. The second kappa shape index (κ2) is 17.5. The van der Waals surface area contributed by atoms with E-state index in [0.717, 1.165) is 12.8 Å². The SMILES string of the molecule is C=C(Nc1ccccc1-c1c(C(=O)Nc2ccccc2)c(C(C)C)n(CC[C@@H](O)C[C@@H](O)CC(=O)O)c1-c1ccc(F)cc1)OCCCC. The molecule has 260 valence electrons. The van der Waals surface area contributed by atoms with E-state index in [-0.39, 0.29) is 31.2 Å². The van der Waals surface area contributed by atoms with Crippen molar-refractivity contribution in [2.24, 2.45) is 0 Å². The lowest BCUT2D eigenvalue weighted by atomic mass is 9.93. The van der Waals surface area contributed by atoms with Crippen molar-refractivity contribution in [1.82, 2.24) is 4.57 Å². The molecule has 49 heavy (non-hydrogen) atoms. The molecule has 10 heteroatoms. The summed E-state index contributed by atoms with van der Waals surface area (Å²) in [5.41, 5.74) is 4.89. The van der Waals surface area contributed by atoms with E-state index in [9.17, 15) is 24.2 Å². The van der Waals surface area contributed by atoms with Gasteiger partial charge in [0.2, 0.25) is 0 Å². The van der Waals surface area contributed by atoms with Gasteiger partial charge in [-0.25, -0.2) is 4.39 Å². The predicted octanol–water partition coefficient (Wildman–Crippen LogP) is 8.01. The molecule has 4 aromatic rings. The van der Waals surface area contributed by atoms with E-state index in [4.69, 9.17) is 9.84 Å². The number of ether oxygens (including phenoxy) is 1. The first-order chi connectivity index (χ1) is 23.5. The average molecular weight is 672 g/mol. The number of carbonyl (C=O) groups excluding carboxylic acids is 1. The first-order valence-corrected chi connectivity index (χ1v) is 16.6. The summed E-state index contributed by atoms with van der Waals surface area (Å²) in [6.45, 7) is 10.8. The fraction of sp³-hybridized carbons (Fsp3) is 0.333. The highest BCUT2D eigenvalue weighted by Crippen LogP contribution is 2.45. The van der Waals surface area contributed by atoms with Gasteiger partial charge in [0.15, 0.2) is 5.88 Å². The first kappa shape index (κ1) is 36.9. The van der Waals surface area contributed by atoms with Gasteiger partial charge in [-0.05, 0) is 79.8 Å². The monoisotopic (exact) mass is 671 g/mol. The van der Waals surface area contributed by atoms with Crippen LogP contribution in [-0.4, -0.2) is 50.6 Å². The van der Waals surface area contributed by atoms with Crippen molar-refractivity contribution in [2.75, 3.05) is 17.2 Å². The Kier molecular flexibility index (Phi) is 13.1. The Hall–Kier alpha value is -4.93. The minimum Gasteiger partial charge on any atom is -0.481 e. The maximum absolute atomic E-state index is 14.5. The molecule has 3 aromatic carbocycles. The lowest BCUT2D eigenvalue weighted by Crippen LogP contribution is -2.22. The summed E-state index contributed by atoms with van der Waals surface area (Å²) in [7, 11) is 0. The highest BCUT2D eigenvalue weighted by Gasteiger charge is 2.32. The van der Waals surface area contributed by atoms with Crippen LogP contribution in [0.25, 0.3) is 22.4 Å². The Bertz CT molecular complexity index is 1720. The fourth-order valence-corrected chi connectivity index (χ4v) is 5.92. The van der Waals surface area contributed by atoms with Crippen LogP contribution in [-0.2, 0) is 16.1 Å². The Balaban J connectivity index is 1.95. The zero-order valence-electron chi connectivity index (χ0n) is 28.3. The first-order valence-electron chi connectivity index (χ1n) is 16.6. The number of hydrogen-bond acceptors (Lipinski definition) is 6. The van der Waals surface area contributed by atoms with Crippen LogP contribution >= 0.6 is 0 Å². The van der Waals surface area contributed by atoms with Gasteiger partial charge < -0.3 is 35.3 Å². The van der Waals surface area contributed by atoms with Gasteiger partial charge >= 0.3 is 5.97 Å². The number of aromatic nitrogens is 1. The van der Waals surface area contributed by atoms with Crippen molar-refractivity contribution in [3.8, 4) is 22.4 Å². The molecule has 4 rings (SSSR count). The number of aliphatic hydroxyl groups excluding tert-OH is 2. The van der Waals surface area contributed by atoms with Crippen molar-refractivity contribution in [3.05, 3.63) is 108 Å². The molecular weight excluding hydrogens is 625 g/mol. The molecular formula is C39H46FN3O6. The van der Waals surface area contributed by atoms with Crippen molar-refractivity contribution in [1.29, 1.82) is 0 Å². The number of amides is 1. The second-order valence-corrected chi connectivity index (χ2v) is 12.3. The fourth-order valence-electron chi connectivity index (χ4n) is 5.92. The summed E-state index contributed by atoms with van der Waals surface area (Å²) < 4.78 is 22.1. The van der Waals surface area contributed by atoms with Gasteiger partial charge in [-0.2, -0.15) is 0 Å². The van der Waals surface area contributed by atoms with Crippen molar-refractivity contribution >= 4 is 23.3 Å². The molecule has 1 aromatic heterocycles. The molecule has 0 aliphatic rings. The van der Waals surface area contributed by atoms with Crippen LogP contribution in [0.3, 0.4) is 0 Å². The van der Waals surface area contributed by atoms with E-state index in [1.54, 1.807) is 24.3 Å². The Labute approximate surface area is 287 Å². The zero-order chi connectivity index (χ0) is 35.5. The number of aliphatic carboxylic acids is 1. The molecule has 0 radical (unpaired) electrons. The standard InChI is InChI=1S/C39H46FN3O6/c1-5-6-22-49-26(4)41-33-15-11-10-14-32(33)35-36(39(48)42-29-12-8-7-9-13-29)37(25(2)3)43(38(35)27-16-18-28(40)19-17-27)21-20-30(44)23-31(45)24-34(46)47/h7-19,25,30-31,41,44-45H,4-6,20-24H2,1-3H3,(H,42,48)(H,46,47)/t30-,31-/m1/s1. The van der Waals surface area contributed by atoms with Crippen LogP contribution in [0.4, 0.5) is 15.8 Å². The van der Waals surface area contributed by atoms with Gasteiger partial charge in [-0.3, -0.25) is 9.59 Å². The van der Waals surface area contributed by atoms with E-state index in [1.165, 1.54) is 12.1 Å². The topological polar surface area (TPSA) is 133 Å². The quantitative estimate of drug-likeness (QED) is 0.0535. The summed E-state index contributed by atoms with van der Waals surface area (Å²) in [6.07, 6.45) is -0.876. The third kappa shape index (κ3) is 9.81. The normalized spacial score (nSPS) is 12.4. The highest BCUT2D eigenvalue weighted by molar-refractivity contribution is 6.13. The number of carboxylic acid groups (broad SMARTS) is 1. The van der Waals surface area contributed by atoms with Crippen LogP contribution in [0.15, 0.2) is 91.3 Å². The van der Waals surface area contributed by atoms with Gasteiger partial charge in [-0.15, -0.1) is 0 Å². The lowest BCUT2D eigenvalue weighted by Gasteiger charge is -2.20. The Morgan fingerprint density at radius 1 is 0.939 bits per heavy atom. The van der Waals surface area contributed by atoms with Crippen molar-refractivity contribution < 1.29 is 34.0 Å². The number of halogens is 1. The van der Waals surface area contributed by atoms with Crippen LogP contribution in [0.1, 0.15) is 74.8 Å². The second-order valence-electron chi connectivity index (χ2n) is 12.3. The largest absolute Gasteiger partial charge is 0.481 e. The smallest absolute Gasteiger partial charge is 0.305 e. The molecule has 0 aliphatic carbocycles. The van der Waals surface area contributed by atoms with Gasteiger partial charge in [0.05, 0.1) is 36.5 Å². The number of aliphatic hydroxyl groups is 2. The molecule has 1 amide bonds. The molecule has 2 atom stereocenters. The number of unbranched alkanes of at least 4 members (excludes halogenated alkanes) is 1. The Morgan fingerprint density at radius 2 is 1.61 bits per heavy atom. The van der Waals surface area contributed by atoms with E-state index >= 15 is 0 Å². The molecule has 0 saturated heterocycles. The summed E-state index contributed by atoms with van der Waals surface area (Å²) in [6, 6.07) is 22.7. The third-order valence-corrected chi connectivity index (χ3v) is 8.11. The van der Waals surface area contributed by atoms with E-state index in [2.05, 4.69) is 24.1 Å². The molecule has 9 nitrogen and oxygen atoms in total. The summed E-state index contributed by atoms with van der Waals surface area (Å²) in [4.78, 5) is 25.6. The molecule has 0 unspecified atom stereocenters. The van der Waals surface area contributed by atoms with Crippen molar-refractivity contribution in [2.45, 2.75) is 77.5 Å². The predicted molar refractivity (Wildman–Crippen MR) is 191 cm³/mol. The minimum absolute atomic E-state index is 0.127. The third-order valence-electron chi connectivity index (χ3n) is 8.11. The molecule has 1 heterocycles. The summed E-state index contributed by atoms with van der Waals surface area (Å²) in [5, 5.41) is 36.6. The number of carbonyl (C=O) groups is 2. The molecule has 0 aliphatic heterocycles. The number of para-hydroxylation sites is 2. The van der Waals surface area contributed by atoms with Gasteiger partial charge in [0, 0.05) is 34.7 Å². The van der Waals surface area contributed by atoms with Crippen LogP contribution < -0.4 is 10.6 Å². The molecule has 0 fully saturated rings. The summed E-state index contributed by atoms with van der Waals surface area (Å²) >= 11 is 0. The van der Waals surface area contributed by atoms with Crippen LogP contribution in [0.5, 0.6) is 0 Å². The number of hydrogen-bond donors (Lipinski definition) is 5. The number of carboxylic acids is 1. The number of nitrogens with one attached hydrogen (secondary N) is 2. The van der Waals surface area contributed by atoms with Gasteiger partial charge in [0.25, 0.3) is 5.91 Å². The molecule has 0 spiro atoms. The number of benzene rings is 3. The molecule has 0 bridgehead atoms. The maximum atomic E-state index is 14.5. The van der Waals surface area contributed by atoms with E-state index < -0.39 is 30.4 Å². The number of nitrogens with zero attached hydrogens (tertiary/aromatic N) is 1. The number of anilines is 2. The van der Waals surface area contributed by atoms with Crippen LogP contribution in [0, 0.1) is 5.82 Å². The highest BCUT2D eigenvalue weighted by atomic mass is 19.1. The maximum Gasteiger partial charge on any atom is 0.305 e. The van der Waals surface area contributed by atoms with E-state index in [1.807, 2.05) is 60.9 Å². The van der Waals surface area contributed by atoms with Crippen molar-refractivity contribution in [3.63, 3.8) is 0 Å². The summed E-state index contributed by atoms with van der Waals surface area (Å²) in [5.74, 6) is -1.76. The van der Waals surface area contributed by atoms with Gasteiger partial charge in [0.1, 0.15) is 5.82 Å². The zero-order valence-corrected chi connectivity index (χ0v) is 28.3. The molecule has 5 N–H and O–H groups in total.